The Bertz CT molecular complexity index is 810. The first-order valence-electron chi connectivity index (χ1n) is 8.84. The maximum absolute atomic E-state index is 13.1. The molecule has 1 aromatic heterocycles. The second-order valence-corrected chi connectivity index (χ2v) is 7.99. The zero-order valence-electron chi connectivity index (χ0n) is 15.7. The molecule has 1 aliphatic heterocycles. The minimum atomic E-state index is -4.69. The van der Waals surface area contributed by atoms with Gasteiger partial charge in [0.25, 0.3) is 0 Å². The SMILES string of the molecule is CC(C)(C)OC(=O)NC1(C2OC2Nc2cnc(C#N)c(C(F)(F)F)c2)CCC1. The Hall–Kier alpha value is -2.54. The second-order valence-electron chi connectivity index (χ2n) is 7.99. The lowest BCUT2D eigenvalue weighted by molar-refractivity contribution is -0.138. The molecule has 2 aliphatic rings. The second kappa shape index (κ2) is 6.81. The molecule has 1 saturated carbocycles. The van der Waals surface area contributed by atoms with E-state index in [-0.39, 0.29) is 5.69 Å². The van der Waals surface area contributed by atoms with Crippen LogP contribution in [0.25, 0.3) is 0 Å². The van der Waals surface area contributed by atoms with Crippen LogP contribution in [0.5, 0.6) is 0 Å². The van der Waals surface area contributed by atoms with Gasteiger partial charge in [-0.05, 0) is 46.1 Å². The van der Waals surface area contributed by atoms with Crippen LogP contribution in [-0.4, -0.2) is 34.5 Å². The van der Waals surface area contributed by atoms with Gasteiger partial charge >= 0.3 is 12.3 Å². The highest BCUT2D eigenvalue weighted by Gasteiger charge is 2.59. The first-order valence-corrected chi connectivity index (χ1v) is 8.84. The van der Waals surface area contributed by atoms with Gasteiger partial charge in [-0.25, -0.2) is 9.78 Å². The molecule has 2 N–H and O–H groups in total. The number of carbonyl (C=O) groups excluding carboxylic acids is 1. The van der Waals surface area contributed by atoms with Crippen LogP contribution in [0.3, 0.4) is 0 Å². The Morgan fingerprint density at radius 2 is 2.07 bits per heavy atom. The van der Waals surface area contributed by atoms with E-state index in [9.17, 15) is 18.0 Å². The van der Waals surface area contributed by atoms with E-state index in [1.807, 2.05) is 0 Å². The zero-order chi connectivity index (χ0) is 20.7. The Kier molecular flexibility index (Phi) is 4.91. The van der Waals surface area contributed by atoms with Crippen molar-refractivity contribution in [1.82, 2.24) is 10.3 Å². The van der Waals surface area contributed by atoms with Gasteiger partial charge in [0.15, 0.2) is 11.9 Å². The molecular formula is C18H21F3N4O3. The van der Waals surface area contributed by atoms with Crippen molar-refractivity contribution in [3.8, 4) is 6.07 Å². The summed E-state index contributed by atoms with van der Waals surface area (Å²) in [7, 11) is 0. The number of nitrogens with one attached hydrogen (secondary N) is 2. The Labute approximate surface area is 160 Å². The predicted molar refractivity (Wildman–Crippen MR) is 92.2 cm³/mol. The van der Waals surface area contributed by atoms with Crippen LogP contribution in [0.2, 0.25) is 0 Å². The lowest BCUT2D eigenvalue weighted by Gasteiger charge is -2.41. The summed E-state index contributed by atoms with van der Waals surface area (Å²) in [5, 5.41) is 14.5. The van der Waals surface area contributed by atoms with E-state index in [1.165, 1.54) is 6.07 Å². The number of aromatic nitrogens is 1. The number of anilines is 1. The summed E-state index contributed by atoms with van der Waals surface area (Å²) in [4.78, 5) is 15.7. The minimum absolute atomic E-state index is 0.0885. The van der Waals surface area contributed by atoms with Gasteiger partial charge in [0.1, 0.15) is 17.8 Å². The van der Waals surface area contributed by atoms with E-state index in [1.54, 1.807) is 20.8 Å². The fourth-order valence-corrected chi connectivity index (χ4v) is 3.20. The molecule has 7 nitrogen and oxygen atoms in total. The van der Waals surface area contributed by atoms with E-state index in [4.69, 9.17) is 14.7 Å². The Morgan fingerprint density at radius 1 is 1.39 bits per heavy atom. The molecule has 0 aromatic carbocycles. The van der Waals surface area contributed by atoms with Crippen LogP contribution in [0.15, 0.2) is 12.3 Å². The van der Waals surface area contributed by atoms with Crippen LogP contribution in [0, 0.1) is 11.3 Å². The molecule has 1 aromatic rings. The number of pyridine rings is 1. The molecule has 1 saturated heterocycles. The van der Waals surface area contributed by atoms with Crippen molar-refractivity contribution in [1.29, 1.82) is 5.26 Å². The smallest absolute Gasteiger partial charge is 0.419 e. The lowest BCUT2D eigenvalue weighted by atomic mass is 9.74. The summed E-state index contributed by atoms with van der Waals surface area (Å²) in [5.74, 6) is 0. The highest BCUT2D eigenvalue weighted by Crippen LogP contribution is 2.45. The zero-order valence-corrected chi connectivity index (χ0v) is 15.7. The first kappa shape index (κ1) is 20.2. The average Bonchev–Trinajstić information content (AvgIpc) is 3.27. The van der Waals surface area contributed by atoms with E-state index < -0.39 is 47.0 Å². The number of carbonyl (C=O) groups is 1. The standard InChI is InChI=1S/C18H21F3N4O3/c1-16(2,3)28-15(26)25-17(5-4-6-17)13-14(27-13)24-10-7-11(18(19,20)21)12(8-22)23-9-10/h7,9,13-14,24H,4-6H2,1-3H3,(H,25,26). The molecule has 2 atom stereocenters. The topological polar surface area (TPSA) is 99.6 Å². The Balaban J connectivity index is 1.67. The van der Waals surface area contributed by atoms with E-state index in [2.05, 4.69) is 15.6 Å². The largest absolute Gasteiger partial charge is 0.444 e. The fraction of sp³-hybridized carbons (Fsp3) is 0.611. The number of alkyl halides is 3. The van der Waals surface area contributed by atoms with Crippen molar-refractivity contribution in [3.63, 3.8) is 0 Å². The van der Waals surface area contributed by atoms with E-state index >= 15 is 0 Å². The number of hydrogen-bond donors (Lipinski definition) is 2. The molecule has 0 spiro atoms. The molecule has 0 bridgehead atoms. The number of nitrogens with zero attached hydrogens (tertiary/aromatic N) is 2. The van der Waals surface area contributed by atoms with Crippen molar-refractivity contribution in [2.75, 3.05) is 5.32 Å². The van der Waals surface area contributed by atoms with Crippen molar-refractivity contribution in [2.45, 2.75) is 69.7 Å². The van der Waals surface area contributed by atoms with Crippen molar-refractivity contribution in [2.24, 2.45) is 0 Å². The summed E-state index contributed by atoms with van der Waals surface area (Å²) >= 11 is 0. The van der Waals surface area contributed by atoms with Gasteiger partial charge in [-0.15, -0.1) is 0 Å². The Morgan fingerprint density at radius 3 is 2.57 bits per heavy atom. The third-order valence-electron chi connectivity index (χ3n) is 4.64. The first-order chi connectivity index (χ1) is 12.9. The lowest BCUT2D eigenvalue weighted by Crippen LogP contribution is -2.59. The molecule has 1 aliphatic carbocycles. The summed E-state index contributed by atoms with van der Waals surface area (Å²) in [6.07, 6.45) is -2.76. The van der Waals surface area contributed by atoms with Crippen LogP contribution >= 0.6 is 0 Å². The molecule has 0 radical (unpaired) electrons. The third kappa shape index (κ3) is 4.30. The van der Waals surface area contributed by atoms with Gasteiger partial charge in [0.05, 0.1) is 23.0 Å². The maximum Gasteiger partial charge on any atom is 0.419 e. The monoisotopic (exact) mass is 398 g/mol. The number of halogens is 3. The molecule has 2 unspecified atom stereocenters. The molecule has 3 rings (SSSR count). The molecular weight excluding hydrogens is 377 g/mol. The normalized spacial score (nSPS) is 23.2. The van der Waals surface area contributed by atoms with Gasteiger partial charge < -0.3 is 20.1 Å². The summed E-state index contributed by atoms with van der Waals surface area (Å²) in [6.45, 7) is 5.27. The van der Waals surface area contributed by atoms with Crippen LogP contribution in [-0.2, 0) is 15.7 Å². The van der Waals surface area contributed by atoms with Crippen molar-refractivity contribution >= 4 is 11.8 Å². The van der Waals surface area contributed by atoms with Gasteiger partial charge in [0.2, 0.25) is 0 Å². The highest BCUT2D eigenvalue weighted by atomic mass is 19.4. The number of hydrogen-bond acceptors (Lipinski definition) is 6. The summed E-state index contributed by atoms with van der Waals surface area (Å²) < 4.78 is 50.1. The number of rotatable bonds is 4. The van der Waals surface area contributed by atoms with Crippen LogP contribution in [0.4, 0.5) is 23.7 Å². The molecule has 1 amide bonds. The minimum Gasteiger partial charge on any atom is -0.444 e. The summed E-state index contributed by atoms with van der Waals surface area (Å²) in [6, 6.07) is 2.27. The van der Waals surface area contributed by atoms with Crippen molar-refractivity contribution < 1.29 is 27.4 Å². The van der Waals surface area contributed by atoms with Gasteiger partial charge in [-0.3, -0.25) is 0 Å². The van der Waals surface area contributed by atoms with E-state index in [0.717, 1.165) is 18.7 Å². The van der Waals surface area contributed by atoms with Gasteiger partial charge in [0, 0.05) is 0 Å². The number of nitriles is 1. The summed E-state index contributed by atoms with van der Waals surface area (Å²) in [5.41, 5.74) is -2.95. The van der Waals surface area contributed by atoms with E-state index in [0.29, 0.717) is 12.8 Å². The molecule has 28 heavy (non-hydrogen) atoms. The van der Waals surface area contributed by atoms with Gasteiger partial charge in [-0.2, -0.15) is 18.4 Å². The number of alkyl carbamates (subject to hydrolysis) is 1. The van der Waals surface area contributed by atoms with Crippen LogP contribution < -0.4 is 10.6 Å². The highest BCUT2D eigenvalue weighted by molar-refractivity contribution is 5.69. The molecule has 10 heteroatoms. The molecule has 2 heterocycles. The number of amides is 1. The third-order valence-corrected chi connectivity index (χ3v) is 4.64. The average molecular weight is 398 g/mol. The predicted octanol–water partition coefficient (Wildman–Crippen LogP) is 3.56. The number of ether oxygens (including phenoxy) is 2. The van der Waals surface area contributed by atoms with Crippen LogP contribution in [0.1, 0.15) is 51.3 Å². The quantitative estimate of drug-likeness (QED) is 0.753. The maximum atomic E-state index is 13.1. The number of epoxide rings is 1. The van der Waals surface area contributed by atoms with Crippen molar-refractivity contribution in [3.05, 3.63) is 23.5 Å². The molecule has 2 fully saturated rings. The molecule has 152 valence electrons. The fourth-order valence-electron chi connectivity index (χ4n) is 3.20. The van der Waals surface area contributed by atoms with Gasteiger partial charge in [-0.1, -0.05) is 0 Å².